The number of aromatic nitrogens is 2. The van der Waals surface area contributed by atoms with Gasteiger partial charge in [0.1, 0.15) is 17.2 Å². The van der Waals surface area contributed by atoms with Crippen molar-refractivity contribution >= 4 is 26.8 Å². The molecule has 0 aliphatic heterocycles. The summed E-state index contributed by atoms with van der Waals surface area (Å²) < 4.78 is 44.3. The summed E-state index contributed by atoms with van der Waals surface area (Å²) in [5, 5.41) is 9.69. The number of furan rings is 1. The van der Waals surface area contributed by atoms with Crippen LogP contribution in [0, 0.1) is 5.82 Å². The number of pyridine rings is 1. The first-order chi connectivity index (χ1) is 14.2. The van der Waals surface area contributed by atoms with Gasteiger partial charge in [-0.05, 0) is 42.0 Å². The Balaban J connectivity index is 1.80. The molecule has 30 heavy (non-hydrogen) atoms. The molecule has 7 nitrogen and oxygen atoms in total. The van der Waals surface area contributed by atoms with Crippen molar-refractivity contribution in [3.63, 3.8) is 0 Å². The lowest BCUT2D eigenvalue weighted by Gasteiger charge is -2.10. The minimum absolute atomic E-state index is 0.103. The molecular weight excluding hydrogens is 411 g/mol. The highest BCUT2D eigenvalue weighted by Crippen LogP contribution is 2.25. The predicted molar refractivity (Wildman–Crippen MR) is 107 cm³/mol. The van der Waals surface area contributed by atoms with Crippen LogP contribution in [0.4, 0.5) is 4.39 Å². The Labute approximate surface area is 171 Å². The van der Waals surface area contributed by atoms with Crippen LogP contribution in [0.5, 0.6) is 0 Å². The van der Waals surface area contributed by atoms with Crippen molar-refractivity contribution in [2.24, 2.45) is 0 Å². The van der Waals surface area contributed by atoms with E-state index in [0.29, 0.717) is 23.3 Å². The molecule has 0 saturated heterocycles. The number of carboxylic acids is 1. The van der Waals surface area contributed by atoms with E-state index in [1.807, 2.05) is 4.57 Å². The molecule has 3 heterocycles. The maximum atomic E-state index is 13.3. The first kappa shape index (κ1) is 19.8. The van der Waals surface area contributed by atoms with Crippen LogP contribution in [-0.2, 0) is 22.8 Å². The molecule has 0 radical (unpaired) electrons. The molecule has 0 atom stereocenters. The highest BCUT2D eigenvalue weighted by molar-refractivity contribution is 7.90. The van der Waals surface area contributed by atoms with Gasteiger partial charge in [0.05, 0.1) is 4.90 Å². The SMILES string of the molecule is CS(=O)(=O)c1cnc2c(c1)cc(Cc1ccc(C(=O)O)o1)n2Cc1ccc(F)cc1. The third-order valence-electron chi connectivity index (χ3n) is 4.70. The van der Waals surface area contributed by atoms with Gasteiger partial charge < -0.3 is 14.1 Å². The summed E-state index contributed by atoms with van der Waals surface area (Å²) >= 11 is 0. The average Bonchev–Trinajstić information content (AvgIpc) is 3.28. The number of sulfone groups is 1. The normalized spacial score (nSPS) is 11.8. The van der Waals surface area contributed by atoms with Crippen molar-refractivity contribution in [1.29, 1.82) is 0 Å². The quantitative estimate of drug-likeness (QED) is 0.504. The first-order valence-corrected chi connectivity index (χ1v) is 10.8. The van der Waals surface area contributed by atoms with Crippen LogP contribution in [0.15, 0.2) is 64.0 Å². The van der Waals surface area contributed by atoms with Crippen molar-refractivity contribution in [3.8, 4) is 0 Å². The number of halogens is 1. The molecule has 4 rings (SSSR count). The van der Waals surface area contributed by atoms with Crippen LogP contribution in [0.3, 0.4) is 0 Å². The Bertz CT molecular complexity index is 1350. The molecule has 0 spiro atoms. The zero-order chi connectivity index (χ0) is 21.5. The highest BCUT2D eigenvalue weighted by Gasteiger charge is 2.17. The summed E-state index contributed by atoms with van der Waals surface area (Å²) in [5.74, 6) is -1.22. The summed E-state index contributed by atoms with van der Waals surface area (Å²) in [6.07, 6.45) is 2.69. The van der Waals surface area contributed by atoms with Crippen LogP contribution in [0.25, 0.3) is 11.0 Å². The van der Waals surface area contributed by atoms with Crippen LogP contribution < -0.4 is 0 Å². The maximum absolute atomic E-state index is 13.3. The fourth-order valence-corrected chi connectivity index (χ4v) is 3.83. The molecule has 1 N–H and O–H groups in total. The molecule has 3 aromatic heterocycles. The van der Waals surface area contributed by atoms with Gasteiger partial charge in [-0.1, -0.05) is 12.1 Å². The predicted octanol–water partition coefficient (Wildman–Crippen LogP) is 3.51. The van der Waals surface area contributed by atoms with E-state index in [0.717, 1.165) is 17.5 Å². The second-order valence-electron chi connectivity index (χ2n) is 6.95. The molecule has 0 amide bonds. The number of benzene rings is 1. The Morgan fingerprint density at radius 2 is 1.90 bits per heavy atom. The summed E-state index contributed by atoms with van der Waals surface area (Å²) in [4.78, 5) is 15.5. The lowest BCUT2D eigenvalue weighted by Crippen LogP contribution is -2.06. The van der Waals surface area contributed by atoms with Crippen LogP contribution in [0.1, 0.15) is 27.6 Å². The Kier molecular flexibility index (Phi) is 4.90. The molecule has 0 aliphatic carbocycles. The van der Waals surface area contributed by atoms with Crippen molar-refractivity contribution in [2.45, 2.75) is 17.9 Å². The molecular formula is C21H17FN2O5S. The second-order valence-corrected chi connectivity index (χ2v) is 8.97. The summed E-state index contributed by atoms with van der Waals surface area (Å²) in [5.41, 5.74) is 2.14. The number of rotatable bonds is 6. The number of hydrogen-bond acceptors (Lipinski definition) is 5. The minimum atomic E-state index is -3.42. The molecule has 0 unspecified atom stereocenters. The molecule has 9 heteroatoms. The number of fused-ring (bicyclic) bond motifs is 1. The molecule has 1 aromatic carbocycles. The molecule has 154 valence electrons. The van der Waals surface area contributed by atoms with E-state index in [-0.39, 0.29) is 22.9 Å². The van der Waals surface area contributed by atoms with Crippen LogP contribution in [0.2, 0.25) is 0 Å². The fourth-order valence-electron chi connectivity index (χ4n) is 3.24. The van der Waals surface area contributed by atoms with E-state index in [1.165, 1.54) is 24.4 Å². The van der Waals surface area contributed by atoms with Gasteiger partial charge in [0.25, 0.3) is 0 Å². The Hall–Kier alpha value is -3.46. The zero-order valence-corrected chi connectivity index (χ0v) is 16.7. The monoisotopic (exact) mass is 428 g/mol. The van der Waals surface area contributed by atoms with Gasteiger partial charge in [0.2, 0.25) is 5.76 Å². The van der Waals surface area contributed by atoms with E-state index in [2.05, 4.69) is 4.98 Å². The molecule has 0 fully saturated rings. The Morgan fingerprint density at radius 1 is 1.17 bits per heavy atom. The largest absolute Gasteiger partial charge is 0.475 e. The van der Waals surface area contributed by atoms with Gasteiger partial charge in [-0.15, -0.1) is 0 Å². The van der Waals surface area contributed by atoms with Gasteiger partial charge in [-0.2, -0.15) is 0 Å². The summed E-state index contributed by atoms with van der Waals surface area (Å²) in [7, 11) is -3.42. The fraction of sp³-hybridized carbons (Fsp3) is 0.143. The van der Waals surface area contributed by atoms with Crippen LogP contribution >= 0.6 is 0 Å². The van der Waals surface area contributed by atoms with Gasteiger partial charge in [-0.25, -0.2) is 22.6 Å². The van der Waals surface area contributed by atoms with Gasteiger partial charge in [-0.3, -0.25) is 0 Å². The van der Waals surface area contributed by atoms with Crippen molar-refractivity contribution in [1.82, 2.24) is 9.55 Å². The third-order valence-corrected chi connectivity index (χ3v) is 5.78. The molecule has 0 aliphatic rings. The van der Waals surface area contributed by atoms with Crippen LogP contribution in [-0.4, -0.2) is 35.3 Å². The van der Waals surface area contributed by atoms with E-state index in [1.54, 1.807) is 30.3 Å². The van der Waals surface area contributed by atoms with E-state index >= 15 is 0 Å². The van der Waals surface area contributed by atoms with Gasteiger partial charge >= 0.3 is 5.97 Å². The lowest BCUT2D eigenvalue weighted by molar-refractivity contribution is 0.0660. The minimum Gasteiger partial charge on any atom is -0.475 e. The van der Waals surface area contributed by atoms with E-state index < -0.39 is 15.8 Å². The maximum Gasteiger partial charge on any atom is 0.371 e. The number of carboxylic acid groups (broad SMARTS) is 1. The topological polar surface area (TPSA) is 102 Å². The first-order valence-electron chi connectivity index (χ1n) is 8.95. The number of hydrogen-bond donors (Lipinski definition) is 1. The van der Waals surface area contributed by atoms with E-state index in [9.17, 15) is 17.6 Å². The second kappa shape index (κ2) is 7.42. The van der Waals surface area contributed by atoms with Crippen molar-refractivity contribution < 1.29 is 27.1 Å². The zero-order valence-electron chi connectivity index (χ0n) is 15.9. The molecule has 4 aromatic rings. The molecule has 0 bridgehead atoms. The summed E-state index contributed by atoms with van der Waals surface area (Å²) in [6.45, 7) is 0.372. The molecule has 0 saturated carbocycles. The van der Waals surface area contributed by atoms with Crippen molar-refractivity contribution in [2.75, 3.05) is 6.26 Å². The third kappa shape index (κ3) is 3.97. The highest BCUT2D eigenvalue weighted by atomic mass is 32.2. The number of nitrogens with zero attached hydrogens (tertiary/aromatic N) is 2. The van der Waals surface area contributed by atoms with Gasteiger partial charge in [0.15, 0.2) is 9.84 Å². The number of aromatic carboxylic acids is 1. The smallest absolute Gasteiger partial charge is 0.371 e. The summed E-state index contributed by atoms with van der Waals surface area (Å²) in [6, 6.07) is 12.3. The average molecular weight is 428 g/mol. The Morgan fingerprint density at radius 3 is 2.53 bits per heavy atom. The standard InChI is InChI=1S/C21H17FN2O5S/c1-30(27,28)18-9-14-8-16(10-17-6-7-19(29-17)21(25)26)24(20(14)23-11-18)12-13-2-4-15(22)5-3-13/h2-9,11H,10,12H2,1H3,(H,25,26). The lowest BCUT2D eigenvalue weighted by atomic mass is 10.2. The van der Waals surface area contributed by atoms with Crippen molar-refractivity contribution in [3.05, 3.63) is 83.3 Å². The number of carbonyl (C=O) groups is 1. The van der Waals surface area contributed by atoms with Gasteiger partial charge in [0, 0.05) is 36.5 Å². The van der Waals surface area contributed by atoms with E-state index in [4.69, 9.17) is 9.52 Å².